The van der Waals surface area contributed by atoms with Crippen LogP contribution in [-0.2, 0) is 4.74 Å². The number of methoxy groups -OCH3 is 1. The van der Waals surface area contributed by atoms with E-state index in [-0.39, 0.29) is 11.4 Å². The normalized spacial score (nSPS) is 9.77. The molecule has 0 spiro atoms. The standard InChI is InChI=1S/C8H8BrNO3/c1-4-3-5(9)10-6(7(4)11)8(12)13-2/h3,11H,1-2H3. The number of hydrogen-bond acceptors (Lipinski definition) is 4. The topological polar surface area (TPSA) is 59.4 Å². The highest BCUT2D eigenvalue weighted by Gasteiger charge is 2.15. The first kappa shape index (κ1) is 9.98. The molecule has 0 fully saturated rings. The van der Waals surface area contributed by atoms with E-state index < -0.39 is 5.97 Å². The van der Waals surface area contributed by atoms with E-state index in [4.69, 9.17) is 0 Å². The SMILES string of the molecule is COC(=O)c1nc(Br)cc(C)c1O. The molecule has 0 amide bonds. The zero-order chi connectivity index (χ0) is 10.0. The fourth-order valence-electron chi connectivity index (χ4n) is 0.865. The number of carbonyl (C=O) groups is 1. The zero-order valence-electron chi connectivity index (χ0n) is 7.17. The largest absolute Gasteiger partial charge is 0.505 e. The fraction of sp³-hybridized carbons (Fsp3) is 0.250. The van der Waals surface area contributed by atoms with Crippen molar-refractivity contribution in [3.63, 3.8) is 0 Å². The number of aryl methyl sites for hydroxylation is 1. The Morgan fingerprint density at radius 1 is 1.69 bits per heavy atom. The number of nitrogens with zero attached hydrogens (tertiary/aromatic N) is 1. The third kappa shape index (κ3) is 1.98. The molecule has 1 aromatic rings. The molecule has 0 aliphatic rings. The van der Waals surface area contributed by atoms with Crippen molar-refractivity contribution in [2.45, 2.75) is 6.92 Å². The molecule has 0 atom stereocenters. The van der Waals surface area contributed by atoms with Crippen LogP contribution in [0.5, 0.6) is 5.75 Å². The van der Waals surface area contributed by atoms with Crippen molar-refractivity contribution >= 4 is 21.9 Å². The summed E-state index contributed by atoms with van der Waals surface area (Å²) in [6, 6.07) is 1.61. The van der Waals surface area contributed by atoms with Crippen molar-refractivity contribution in [2.75, 3.05) is 7.11 Å². The molecule has 0 bridgehead atoms. The second kappa shape index (κ2) is 3.74. The van der Waals surface area contributed by atoms with Crippen LogP contribution in [0.2, 0.25) is 0 Å². The molecule has 0 saturated heterocycles. The van der Waals surface area contributed by atoms with Gasteiger partial charge in [-0.2, -0.15) is 0 Å². The molecule has 1 rings (SSSR count). The van der Waals surface area contributed by atoms with Gasteiger partial charge >= 0.3 is 5.97 Å². The average molecular weight is 246 g/mol. The van der Waals surface area contributed by atoms with Crippen LogP contribution in [-0.4, -0.2) is 23.2 Å². The lowest BCUT2D eigenvalue weighted by atomic mass is 10.2. The third-order valence-electron chi connectivity index (χ3n) is 1.53. The van der Waals surface area contributed by atoms with Crippen molar-refractivity contribution in [1.82, 2.24) is 4.98 Å². The van der Waals surface area contributed by atoms with E-state index >= 15 is 0 Å². The minimum Gasteiger partial charge on any atom is -0.505 e. The number of ether oxygens (including phenoxy) is 1. The fourth-order valence-corrected chi connectivity index (χ4v) is 1.39. The molecule has 5 heteroatoms. The van der Waals surface area contributed by atoms with E-state index in [1.165, 1.54) is 7.11 Å². The Hall–Kier alpha value is -1.10. The lowest BCUT2D eigenvalue weighted by Gasteiger charge is -2.04. The molecule has 70 valence electrons. The molecule has 0 aliphatic heterocycles. The third-order valence-corrected chi connectivity index (χ3v) is 1.94. The zero-order valence-corrected chi connectivity index (χ0v) is 8.75. The molecule has 0 unspecified atom stereocenters. The molecule has 0 aromatic carbocycles. The molecule has 13 heavy (non-hydrogen) atoms. The van der Waals surface area contributed by atoms with Crippen LogP contribution in [0.1, 0.15) is 16.1 Å². The predicted molar refractivity (Wildman–Crippen MR) is 49.7 cm³/mol. The lowest BCUT2D eigenvalue weighted by Crippen LogP contribution is -2.05. The summed E-state index contributed by atoms with van der Waals surface area (Å²) in [6.07, 6.45) is 0. The van der Waals surface area contributed by atoms with Gasteiger partial charge in [-0.1, -0.05) is 0 Å². The monoisotopic (exact) mass is 245 g/mol. The maximum absolute atomic E-state index is 11.1. The van der Waals surface area contributed by atoms with Gasteiger partial charge in [0.15, 0.2) is 11.4 Å². The minimum atomic E-state index is -0.651. The molecule has 4 nitrogen and oxygen atoms in total. The van der Waals surface area contributed by atoms with Crippen LogP contribution in [0.3, 0.4) is 0 Å². The number of aromatic nitrogens is 1. The Bertz CT molecular complexity index is 351. The van der Waals surface area contributed by atoms with Crippen molar-refractivity contribution in [3.05, 3.63) is 21.9 Å². The molecule has 1 N–H and O–H groups in total. The Balaban J connectivity index is 3.28. The van der Waals surface area contributed by atoms with Gasteiger partial charge in [-0.15, -0.1) is 0 Å². The second-order valence-corrected chi connectivity index (χ2v) is 3.26. The van der Waals surface area contributed by atoms with Crippen molar-refractivity contribution in [2.24, 2.45) is 0 Å². The number of carbonyl (C=O) groups excluding carboxylic acids is 1. The van der Waals surface area contributed by atoms with E-state index in [1.807, 2.05) is 0 Å². The Morgan fingerprint density at radius 2 is 2.31 bits per heavy atom. The first-order valence-corrected chi connectivity index (χ1v) is 4.30. The number of pyridine rings is 1. The highest BCUT2D eigenvalue weighted by Crippen LogP contribution is 2.23. The van der Waals surface area contributed by atoms with E-state index in [0.29, 0.717) is 10.2 Å². The number of rotatable bonds is 1. The van der Waals surface area contributed by atoms with Gasteiger partial charge in [0.1, 0.15) is 4.60 Å². The molecule has 0 radical (unpaired) electrons. The summed E-state index contributed by atoms with van der Waals surface area (Å²) in [5.41, 5.74) is 0.497. The second-order valence-electron chi connectivity index (χ2n) is 2.45. The first-order valence-electron chi connectivity index (χ1n) is 3.50. The summed E-state index contributed by atoms with van der Waals surface area (Å²) >= 11 is 3.11. The van der Waals surface area contributed by atoms with Gasteiger partial charge in [-0.25, -0.2) is 9.78 Å². The van der Waals surface area contributed by atoms with Crippen LogP contribution in [0.4, 0.5) is 0 Å². The molecule has 0 aliphatic carbocycles. The van der Waals surface area contributed by atoms with Gasteiger partial charge in [0.2, 0.25) is 0 Å². The van der Waals surface area contributed by atoms with Gasteiger partial charge in [-0.05, 0) is 34.5 Å². The van der Waals surface area contributed by atoms with Crippen LogP contribution in [0.15, 0.2) is 10.7 Å². The molecule has 1 aromatic heterocycles. The van der Waals surface area contributed by atoms with Gasteiger partial charge in [0.05, 0.1) is 7.11 Å². The van der Waals surface area contributed by atoms with Crippen molar-refractivity contribution in [1.29, 1.82) is 0 Å². The smallest absolute Gasteiger partial charge is 0.360 e. The van der Waals surface area contributed by atoms with E-state index in [1.54, 1.807) is 13.0 Å². The summed E-state index contributed by atoms with van der Waals surface area (Å²) in [5, 5.41) is 9.44. The van der Waals surface area contributed by atoms with Crippen LogP contribution >= 0.6 is 15.9 Å². The average Bonchev–Trinajstić information content (AvgIpc) is 2.10. The summed E-state index contributed by atoms with van der Waals surface area (Å²) in [4.78, 5) is 14.9. The van der Waals surface area contributed by atoms with Crippen molar-refractivity contribution < 1.29 is 14.6 Å². The first-order chi connectivity index (χ1) is 6.06. The Labute approximate surface area is 83.7 Å². The van der Waals surface area contributed by atoms with Gasteiger partial charge in [0, 0.05) is 0 Å². The maximum atomic E-state index is 11.1. The van der Waals surface area contributed by atoms with Crippen molar-refractivity contribution in [3.8, 4) is 5.75 Å². The number of esters is 1. The summed E-state index contributed by atoms with van der Waals surface area (Å²) in [5.74, 6) is -0.794. The highest BCUT2D eigenvalue weighted by molar-refractivity contribution is 9.10. The van der Waals surface area contributed by atoms with Gasteiger partial charge in [-0.3, -0.25) is 0 Å². The summed E-state index contributed by atoms with van der Waals surface area (Å²) < 4.78 is 4.93. The molecule has 1 heterocycles. The number of halogens is 1. The van der Waals surface area contributed by atoms with E-state index in [9.17, 15) is 9.90 Å². The Morgan fingerprint density at radius 3 is 2.85 bits per heavy atom. The lowest BCUT2D eigenvalue weighted by molar-refractivity contribution is 0.0590. The summed E-state index contributed by atoms with van der Waals surface area (Å²) in [7, 11) is 1.24. The molecule has 0 saturated carbocycles. The van der Waals surface area contributed by atoms with E-state index in [2.05, 4.69) is 25.7 Å². The molecular formula is C8H8BrNO3. The summed E-state index contributed by atoms with van der Waals surface area (Å²) in [6.45, 7) is 1.67. The Kier molecular flexibility index (Phi) is 2.87. The number of aromatic hydroxyl groups is 1. The highest BCUT2D eigenvalue weighted by atomic mass is 79.9. The van der Waals surface area contributed by atoms with Gasteiger partial charge in [0.25, 0.3) is 0 Å². The number of hydrogen-bond donors (Lipinski definition) is 1. The predicted octanol–water partition coefficient (Wildman–Crippen LogP) is 1.64. The van der Waals surface area contributed by atoms with Crippen LogP contribution < -0.4 is 0 Å². The minimum absolute atomic E-state index is 0.0747. The van der Waals surface area contributed by atoms with E-state index in [0.717, 1.165) is 0 Å². The van der Waals surface area contributed by atoms with Gasteiger partial charge < -0.3 is 9.84 Å². The quantitative estimate of drug-likeness (QED) is 0.604. The molecular weight excluding hydrogens is 238 g/mol. The van der Waals surface area contributed by atoms with Crippen LogP contribution in [0, 0.1) is 6.92 Å². The maximum Gasteiger partial charge on any atom is 0.360 e. The van der Waals surface area contributed by atoms with Crippen LogP contribution in [0.25, 0.3) is 0 Å².